The summed E-state index contributed by atoms with van der Waals surface area (Å²) < 4.78 is 0. The third kappa shape index (κ3) is 3.08. The van der Waals surface area contributed by atoms with Crippen molar-refractivity contribution >= 4 is 18.3 Å². The van der Waals surface area contributed by atoms with Crippen LogP contribution >= 0.6 is 12.4 Å². The van der Waals surface area contributed by atoms with Crippen molar-refractivity contribution in [3.05, 3.63) is 0 Å². The molecule has 3 aliphatic rings. The Hall–Kier alpha value is -0.280. The molecule has 2 aliphatic heterocycles. The molecule has 4 heteroatoms. The molecule has 4 atom stereocenters. The van der Waals surface area contributed by atoms with E-state index in [1.165, 1.54) is 44.9 Å². The minimum Gasteiger partial charge on any atom is -0.337 e. The molecule has 0 bridgehead atoms. The molecular weight excluding hydrogens is 260 g/mol. The van der Waals surface area contributed by atoms with E-state index < -0.39 is 0 Å². The van der Waals surface area contributed by atoms with E-state index in [1.807, 2.05) is 0 Å². The van der Waals surface area contributed by atoms with Gasteiger partial charge in [0.1, 0.15) is 0 Å². The molecule has 2 heterocycles. The lowest BCUT2D eigenvalue weighted by atomic mass is 9.85. The van der Waals surface area contributed by atoms with Crippen molar-refractivity contribution in [2.24, 2.45) is 5.92 Å². The number of nitrogens with zero attached hydrogens (tertiary/aromatic N) is 1. The number of fused-ring (bicyclic) bond motifs is 1. The summed E-state index contributed by atoms with van der Waals surface area (Å²) >= 11 is 0. The zero-order valence-electron chi connectivity index (χ0n) is 11.9. The fraction of sp³-hybridized carbons (Fsp3) is 0.933. The smallest absolute Gasteiger partial charge is 0.224 e. The van der Waals surface area contributed by atoms with Gasteiger partial charge in [-0.15, -0.1) is 12.4 Å². The second-order valence-electron chi connectivity index (χ2n) is 6.50. The molecule has 3 rings (SSSR count). The van der Waals surface area contributed by atoms with Gasteiger partial charge in [0, 0.05) is 24.5 Å². The lowest BCUT2D eigenvalue weighted by molar-refractivity contribution is -0.135. The van der Waals surface area contributed by atoms with Gasteiger partial charge >= 0.3 is 0 Å². The van der Waals surface area contributed by atoms with Crippen LogP contribution in [0.15, 0.2) is 0 Å². The van der Waals surface area contributed by atoms with Crippen LogP contribution in [0, 0.1) is 5.92 Å². The van der Waals surface area contributed by atoms with Crippen LogP contribution in [-0.4, -0.2) is 35.5 Å². The van der Waals surface area contributed by atoms with Gasteiger partial charge in [-0.2, -0.15) is 0 Å². The maximum Gasteiger partial charge on any atom is 0.224 e. The van der Waals surface area contributed by atoms with Crippen molar-refractivity contribution < 1.29 is 4.79 Å². The molecule has 0 aromatic heterocycles. The van der Waals surface area contributed by atoms with E-state index in [1.54, 1.807) is 0 Å². The quantitative estimate of drug-likeness (QED) is 0.846. The Kier molecular flexibility index (Phi) is 5.13. The average molecular weight is 287 g/mol. The molecule has 1 N–H and O–H groups in total. The first-order valence-corrected chi connectivity index (χ1v) is 7.80. The molecule has 3 fully saturated rings. The first kappa shape index (κ1) is 15.1. The first-order chi connectivity index (χ1) is 8.75. The van der Waals surface area contributed by atoms with E-state index >= 15 is 0 Å². The predicted molar refractivity (Wildman–Crippen MR) is 79.6 cm³/mol. The molecular formula is C15H27ClN2O. The Morgan fingerprint density at radius 2 is 2.00 bits per heavy atom. The Morgan fingerprint density at radius 3 is 2.74 bits per heavy atom. The van der Waals surface area contributed by atoms with Gasteiger partial charge in [-0.05, 0) is 51.5 Å². The molecule has 0 aromatic carbocycles. The highest BCUT2D eigenvalue weighted by Gasteiger charge is 2.42. The minimum absolute atomic E-state index is 0. The number of likely N-dealkylation sites (tertiary alicyclic amines) is 1. The predicted octanol–water partition coefficient (Wildman–Crippen LogP) is 2.73. The van der Waals surface area contributed by atoms with Crippen molar-refractivity contribution in [3.63, 3.8) is 0 Å². The van der Waals surface area contributed by atoms with Crippen LogP contribution in [0.25, 0.3) is 0 Å². The van der Waals surface area contributed by atoms with Crippen LogP contribution in [0.4, 0.5) is 0 Å². The summed E-state index contributed by atoms with van der Waals surface area (Å²) in [7, 11) is 0. The second kappa shape index (κ2) is 6.45. The maximum atomic E-state index is 12.6. The van der Waals surface area contributed by atoms with Crippen molar-refractivity contribution in [1.29, 1.82) is 0 Å². The molecule has 0 aromatic rings. The van der Waals surface area contributed by atoms with Gasteiger partial charge in [-0.3, -0.25) is 4.79 Å². The number of nitrogens with one attached hydrogen (secondary N) is 1. The summed E-state index contributed by atoms with van der Waals surface area (Å²) in [6.07, 6.45) is 9.68. The number of halogens is 1. The largest absolute Gasteiger partial charge is 0.337 e. The zero-order chi connectivity index (χ0) is 12.5. The van der Waals surface area contributed by atoms with Crippen LogP contribution in [0.3, 0.4) is 0 Å². The standard InChI is InChI=1S/C15H26N2O.ClH/c1-11-9-12-5-2-3-7-14(12)17(11)15(18)10-13-6-4-8-16-13;/h11-14,16H,2-10H2,1H3;1H. The van der Waals surface area contributed by atoms with Gasteiger partial charge in [0.15, 0.2) is 0 Å². The summed E-state index contributed by atoms with van der Waals surface area (Å²) in [6, 6.07) is 1.50. The van der Waals surface area contributed by atoms with E-state index in [0.717, 1.165) is 18.9 Å². The fourth-order valence-electron chi connectivity index (χ4n) is 4.39. The fourth-order valence-corrected chi connectivity index (χ4v) is 4.39. The highest BCUT2D eigenvalue weighted by Crippen LogP contribution is 2.39. The lowest BCUT2D eigenvalue weighted by Crippen LogP contribution is -2.44. The van der Waals surface area contributed by atoms with Gasteiger partial charge in [0.05, 0.1) is 0 Å². The van der Waals surface area contributed by atoms with Crippen molar-refractivity contribution in [2.45, 2.75) is 76.4 Å². The Labute approximate surface area is 122 Å². The van der Waals surface area contributed by atoms with Gasteiger partial charge in [-0.25, -0.2) is 0 Å². The summed E-state index contributed by atoms with van der Waals surface area (Å²) in [5.74, 6) is 1.21. The highest BCUT2D eigenvalue weighted by atomic mass is 35.5. The molecule has 0 spiro atoms. The normalized spacial score (nSPS) is 37.8. The van der Waals surface area contributed by atoms with Crippen LogP contribution in [0.1, 0.15) is 58.3 Å². The first-order valence-electron chi connectivity index (χ1n) is 7.80. The molecule has 2 saturated heterocycles. The Balaban J connectivity index is 0.00000133. The molecule has 110 valence electrons. The minimum atomic E-state index is 0. The van der Waals surface area contributed by atoms with Gasteiger partial charge in [0.2, 0.25) is 5.91 Å². The maximum absolute atomic E-state index is 12.6. The van der Waals surface area contributed by atoms with Crippen molar-refractivity contribution in [1.82, 2.24) is 10.2 Å². The van der Waals surface area contributed by atoms with Crippen LogP contribution in [-0.2, 0) is 4.79 Å². The van der Waals surface area contributed by atoms with Crippen molar-refractivity contribution in [2.75, 3.05) is 6.54 Å². The number of hydrogen-bond donors (Lipinski definition) is 1. The third-order valence-corrected chi connectivity index (χ3v) is 5.22. The van der Waals surface area contributed by atoms with Crippen molar-refractivity contribution in [3.8, 4) is 0 Å². The molecule has 19 heavy (non-hydrogen) atoms. The monoisotopic (exact) mass is 286 g/mol. The van der Waals surface area contributed by atoms with E-state index in [0.29, 0.717) is 24.0 Å². The van der Waals surface area contributed by atoms with E-state index in [2.05, 4.69) is 17.1 Å². The van der Waals surface area contributed by atoms with Crippen LogP contribution in [0.5, 0.6) is 0 Å². The van der Waals surface area contributed by atoms with Gasteiger partial charge in [0.25, 0.3) is 0 Å². The molecule has 1 amide bonds. The number of carbonyl (C=O) groups is 1. The van der Waals surface area contributed by atoms with Crippen LogP contribution in [0.2, 0.25) is 0 Å². The lowest BCUT2D eigenvalue weighted by Gasteiger charge is -2.34. The second-order valence-corrected chi connectivity index (χ2v) is 6.50. The summed E-state index contributed by atoms with van der Waals surface area (Å²) in [4.78, 5) is 14.8. The SMILES string of the molecule is CC1CC2CCCCC2N1C(=O)CC1CCCN1.Cl. The average Bonchev–Trinajstić information content (AvgIpc) is 2.94. The topological polar surface area (TPSA) is 32.3 Å². The van der Waals surface area contributed by atoms with E-state index in [9.17, 15) is 4.79 Å². The molecule has 3 nitrogen and oxygen atoms in total. The number of amides is 1. The number of rotatable bonds is 2. The van der Waals surface area contributed by atoms with E-state index in [4.69, 9.17) is 0 Å². The number of hydrogen-bond acceptors (Lipinski definition) is 2. The molecule has 1 saturated carbocycles. The highest BCUT2D eigenvalue weighted by molar-refractivity contribution is 5.85. The summed E-state index contributed by atoms with van der Waals surface area (Å²) in [5.41, 5.74) is 0. The number of carbonyl (C=O) groups excluding carboxylic acids is 1. The zero-order valence-corrected chi connectivity index (χ0v) is 12.8. The van der Waals surface area contributed by atoms with Crippen LogP contribution < -0.4 is 5.32 Å². The molecule has 1 aliphatic carbocycles. The van der Waals surface area contributed by atoms with E-state index in [-0.39, 0.29) is 12.4 Å². The molecule has 4 unspecified atom stereocenters. The van der Waals surface area contributed by atoms with Gasteiger partial charge in [-0.1, -0.05) is 12.8 Å². The molecule has 0 radical (unpaired) electrons. The summed E-state index contributed by atoms with van der Waals surface area (Å²) in [6.45, 7) is 3.35. The Bertz CT molecular complexity index is 317. The van der Waals surface area contributed by atoms with Gasteiger partial charge < -0.3 is 10.2 Å². The summed E-state index contributed by atoms with van der Waals surface area (Å²) in [5, 5.41) is 3.45. The third-order valence-electron chi connectivity index (χ3n) is 5.22. The Morgan fingerprint density at radius 1 is 1.21 bits per heavy atom.